The minimum absolute atomic E-state index is 0.180. The molecule has 1 aliphatic heterocycles. The third-order valence-electron chi connectivity index (χ3n) is 3.67. The summed E-state index contributed by atoms with van der Waals surface area (Å²) in [6.45, 7) is 0.843. The van der Waals surface area contributed by atoms with E-state index in [1.54, 1.807) is 30.5 Å². The number of carbonyl (C=O) groups is 1. The van der Waals surface area contributed by atoms with Crippen molar-refractivity contribution in [3.8, 4) is 0 Å². The fourth-order valence-electron chi connectivity index (χ4n) is 2.48. The number of carbonyl (C=O) groups excluding carboxylic acids is 1. The second kappa shape index (κ2) is 6.37. The van der Waals surface area contributed by atoms with Crippen LogP contribution in [-0.4, -0.2) is 31.6 Å². The molecule has 0 spiro atoms. The van der Waals surface area contributed by atoms with Gasteiger partial charge in [0.2, 0.25) is 10.0 Å². The summed E-state index contributed by atoms with van der Waals surface area (Å²) in [5.74, 6) is -0.0363. The summed E-state index contributed by atoms with van der Waals surface area (Å²) in [5.41, 5.74) is 1.87. The fraction of sp³-hybridized carbons (Fsp3) is 0.250. The number of nitrogens with one attached hydrogen (secondary N) is 1. The molecule has 2 heterocycles. The number of anilines is 1. The summed E-state index contributed by atoms with van der Waals surface area (Å²) in [6, 6.07) is 12.1. The van der Waals surface area contributed by atoms with Gasteiger partial charge >= 0.3 is 0 Å². The number of hydrogen-bond acceptors (Lipinski definition) is 4. The number of hydrogen-bond donors (Lipinski definition) is 1. The van der Waals surface area contributed by atoms with Crippen LogP contribution in [0.5, 0.6) is 0 Å². The number of amides is 1. The minimum Gasteiger partial charge on any atom is -0.346 e. The lowest BCUT2D eigenvalue weighted by atomic mass is 10.2. The van der Waals surface area contributed by atoms with E-state index in [2.05, 4.69) is 10.3 Å². The molecule has 1 saturated heterocycles. The van der Waals surface area contributed by atoms with Crippen LogP contribution in [0.15, 0.2) is 48.7 Å². The predicted octanol–water partition coefficient (Wildman–Crippen LogP) is 1.55. The maximum atomic E-state index is 12.1. The van der Waals surface area contributed by atoms with Gasteiger partial charge in [-0.1, -0.05) is 6.07 Å². The van der Waals surface area contributed by atoms with Crippen molar-refractivity contribution in [1.82, 2.24) is 10.3 Å². The van der Waals surface area contributed by atoms with Gasteiger partial charge in [0.05, 0.1) is 23.7 Å². The van der Waals surface area contributed by atoms with Crippen molar-refractivity contribution in [3.05, 3.63) is 59.9 Å². The Labute approximate surface area is 135 Å². The molecular formula is C16H17N3O3S. The van der Waals surface area contributed by atoms with E-state index in [0.29, 0.717) is 30.8 Å². The van der Waals surface area contributed by atoms with Gasteiger partial charge < -0.3 is 5.32 Å². The molecule has 6 nitrogen and oxygen atoms in total. The Hall–Kier alpha value is -2.41. The average Bonchev–Trinajstić information content (AvgIpc) is 2.93. The molecule has 0 atom stereocenters. The van der Waals surface area contributed by atoms with E-state index < -0.39 is 10.0 Å². The molecule has 0 saturated carbocycles. The molecule has 0 unspecified atom stereocenters. The third-order valence-corrected chi connectivity index (χ3v) is 5.54. The second-order valence-electron chi connectivity index (χ2n) is 5.29. The summed E-state index contributed by atoms with van der Waals surface area (Å²) in [4.78, 5) is 16.2. The second-order valence-corrected chi connectivity index (χ2v) is 7.31. The topological polar surface area (TPSA) is 79.4 Å². The molecule has 120 valence electrons. The van der Waals surface area contributed by atoms with Crippen LogP contribution in [0.1, 0.15) is 22.5 Å². The third kappa shape index (κ3) is 3.50. The van der Waals surface area contributed by atoms with Crippen molar-refractivity contribution in [2.24, 2.45) is 0 Å². The normalized spacial score (nSPS) is 16.3. The highest BCUT2D eigenvalue weighted by Crippen LogP contribution is 2.24. The Balaban J connectivity index is 1.66. The summed E-state index contributed by atoms with van der Waals surface area (Å²) < 4.78 is 25.2. The van der Waals surface area contributed by atoms with Crippen LogP contribution in [0.3, 0.4) is 0 Å². The zero-order chi connectivity index (χ0) is 16.3. The molecule has 1 amide bonds. The Morgan fingerprint density at radius 1 is 1.17 bits per heavy atom. The van der Waals surface area contributed by atoms with E-state index in [0.717, 1.165) is 5.69 Å². The SMILES string of the molecule is O=C(NCc1ccccn1)c1ccc(N2CCCS2(=O)=O)cc1. The first-order chi connectivity index (χ1) is 11.1. The van der Waals surface area contributed by atoms with Gasteiger partial charge in [0.15, 0.2) is 0 Å². The molecule has 23 heavy (non-hydrogen) atoms. The Kier molecular flexibility index (Phi) is 4.29. The number of rotatable bonds is 4. The van der Waals surface area contributed by atoms with E-state index in [1.165, 1.54) is 4.31 Å². The van der Waals surface area contributed by atoms with E-state index >= 15 is 0 Å². The largest absolute Gasteiger partial charge is 0.346 e. The molecule has 3 rings (SSSR count). The fourth-order valence-corrected chi connectivity index (χ4v) is 4.05. The minimum atomic E-state index is -3.19. The predicted molar refractivity (Wildman–Crippen MR) is 87.6 cm³/mol. The van der Waals surface area contributed by atoms with Gasteiger partial charge in [0.25, 0.3) is 5.91 Å². The van der Waals surface area contributed by atoms with Crippen LogP contribution in [0, 0.1) is 0 Å². The van der Waals surface area contributed by atoms with Crippen molar-refractivity contribution < 1.29 is 13.2 Å². The van der Waals surface area contributed by atoms with Crippen molar-refractivity contribution >= 4 is 21.6 Å². The van der Waals surface area contributed by atoms with Crippen LogP contribution < -0.4 is 9.62 Å². The van der Waals surface area contributed by atoms with E-state index in [-0.39, 0.29) is 11.7 Å². The van der Waals surface area contributed by atoms with Gasteiger partial charge in [-0.2, -0.15) is 0 Å². The maximum Gasteiger partial charge on any atom is 0.251 e. The zero-order valence-corrected chi connectivity index (χ0v) is 13.3. The van der Waals surface area contributed by atoms with Crippen LogP contribution >= 0.6 is 0 Å². The van der Waals surface area contributed by atoms with Crippen LogP contribution in [0.4, 0.5) is 5.69 Å². The molecule has 7 heteroatoms. The van der Waals surface area contributed by atoms with Gasteiger partial charge in [0, 0.05) is 18.3 Å². The first-order valence-electron chi connectivity index (χ1n) is 7.35. The van der Waals surface area contributed by atoms with E-state index in [9.17, 15) is 13.2 Å². The molecule has 0 bridgehead atoms. The van der Waals surface area contributed by atoms with Gasteiger partial charge in [-0.05, 0) is 42.8 Å². The van der Waals surface area contributed by atoms with Gasteiger partial charge in [-0.25, -0.2) is 8.42 Å². The van der Waals surface area contributed by atoms with Gasteiger partial charge in [-0.3, -0.25) is 14.1 Å². The monoisotopic (exact) mass is 331 g/mol. The standard InChI is InChI=1S/C16H17N3O3S/c20-16(18-12-14-4-1-2-9-17-14)13-5-7-15(8-6-13)19-10-3-11-23(19,21)22/h1-2,4-9H,3,10-12H2,(H,18,20). The lowest BCUT2D eigenvalue weighted by Crippen LogP contribution is -2.26. The Morgan fingerprint density at radius 2 is 1.96 bits per heavy atom. The molecule has 1 aliphatic rings. The highest BCUT2D eigenvalue weighted by Gasteiger charge is 2.28. The summed E-state index contributed by atoms with van der Waals surface area (Å²) >= 11 is 0. The van der Waals surface area contributed by atoms with Crippen LogP contribution in [-0.2, 0) is 16.6 Å². The van der Waals surface area contributed by atoms with Crippen molar-refractivity contribution in [3.63, 3.8) is 0 Å². The maximum absolute atomic E-state index is 12.1. The zero-order valence-electron chi connectivity index (χ0n) is 12.5. The summed E-state index contributed by atoms with van der Waals surface area (Å²) in [5, 5.41) is 2.79. The van der Waals surface area contributed by atoms with Crippen LogP contribution in [0.25, 0.3) is 0 Å². The van der Waals surface area contributed by atoms with Crippen molar-refractivity contribution in [2.75, 3.05) is 16.6 Å². The Morgan fingerprint density at radius 3 is 2.57 bits per heavy atom. The van der Waals surface area contributed by atoms with Crippen molar-refractivity contribution in [2.45, 2.75) is 13.0 Å². The molecule has 1 N–H and O–H groups in total. The quantitative estimate of drug-likeness (QED) is 0.922. The highest BCUT2D eigenvalue weighted by molar-refractivity contribution is 7.93. The smallest absolute Gasteiger partial charge is 0.251 e. The number of aromatic nitrogens is 1. The molecule has 2 aromatic rings. The van der Waals surface area contributed by atoms with Gasteiger partial charge in [-0.15, -0.1) is 0 Å². The molecule has 1 aromatic heterocycles. The lowest BCUT2D eigenvalue weighted by Gasteiger charge is -2.17. The lowest BCUT2D eigenvalue weighted by molar-refractivity contribution is 0.0950. The molecule has 1 fully saturated rings. The molecular weight excluding hydrogens is 314 g/mol. The number of nitrogens with zero attached hydrogens (tertiary/aromatic N) is 2. The number of sulfonamides is 1. The molecule has 0 aliphatic carbocycles. The summed E-state index contributed by atoms with van der Waals surface area (Å²) in [7, 11) is -3.19. The van der Waals surface area contributed by atoms with E-state index in [4.69, 9.17) is 0 Å². The average molecular weight is 331 g/mol. The van der Waals surface area contributed by atoms with Gasteiger partial charge in [0.1, 0.15) is 0 Å². The first kappa shape index (κ1) is 15.5. The highest BCUT2D eigenvalue weighted by atomic mass is 32.2. The van der Waals surface area contributed by atoms with Crippen molar-refractivity contribution in [1.29, 1.82) is 0 Å². The van der Waals surface area contributed by atoms with Crippen LogP contribution in [0.2, 0.25) is 0 Å². The number of benzene rings is 1. The summed E-state index contributed by atoms with van der Waals surface area (Å²) in [6.07, 6.45) is 2.31. The molecule has 1 aromatic carbocycles. The molecule has 0 radical (unpaired) electrons. The Bertz CT molecular complexity index is 789. The number of pyridine rings is 1. The first-order valence-corrected chi connectivity index (χ1v) is 8.96. The van der Waals surface area contributed by atoms with E-state index in [1.807, 2.05) is 18.2 Å².